The van der Waals surface area contributed by atoms with E-state index in [9.17, 15) is 9.59 Å². The first-order valence-electron chi connectivity index (χ1n) is 4.37. The summed E-state index contributed by atoms with van der Waals surface area (Å²) in [6.45, 7) is 8.92. The summed E-state index contributed by atoms with van der Waals surface area (Å²) >= 11 is 1.75. The van der Waals surface area contributed by atoms with E-state index in [4.69, 9.17) is 4.74 Å². The Hall–Kier alpha value is -1.23. The number of amides is 1. The van der Waals surface area contributed by atoms with Crippen LogP contribution in [0.15, 0.2) is 25.3 Å². The van der Waals surface area contributed by atoms with Crippen molar-refractivity contribution in [2.75, 3.05) is 18.1 Å². The van der Waals surface area contributed by atoms with E-state index in [1.54, 1.807) is 11.8 Å². The quantitative estimate of drug-likeness (QED) is 0.422. The number of primary amides is 1. The molecule has 0 aliphatic carbocycles. The summed E-state index contributed by atoms with van der Waals surface area (Å²) in [4.78, 5) is 19.9. The molecule has 0 heterocycles. The number of thioether (sulfide) groups is 1. The molecule has 86 valence electrons. The molecule has 0 spiro atoms. The molecule has 0 fully saturated rings. The Morgan fingerprint density at radius 1 is 1.40 bits per heavy atom. The molecule has 0 rings (SSSR count). The highest BCUT2D eigenvalue weighted by molar-refractivity contribution is 7.99. The van der Waals surface area contributed by atoms with Crippen LogP contribution in [0.1, 0.15) is 6.92 Å². The summed E-state index contributed by atoms with van der Waals surface area (Å²) < 4.78 is 4.72. The van der Waals surface area contributed by atoms with Crippen LogP contribution in [0.4, 0.5) is 0 Å². The van der Waals surface area contributed by atoms with Gasteiger partial charge in [0.25, 0.3) is 0 Å². The van der Waals surface area contributed by atoms with Crippen molar-refractivity contribution >= 4 is 23.6 Å². The monoisotopic (exact) mass is 231 g/mol. The van der Waals surface area contributed by atoms with E-state index in [1.807, 2.05) is 0 Å². The molecule has 0 bridgehead atoms. The molecule has 0 saturated carbocycles. The normalized spacial score (nSPS) is 8.07. The van der Waals surface area contributed by atoms with Crippen LogP contribution in [0, 0.1) is 0 Å². The van der Waals surface area contributed by atoms with E-state index in [0.29, 0.717) is 6.61 Å². The van der Waals surface area contributed by atoms with E-state index in [0.717, 1.165) is 17.6 Å². The number of carbonyl (C=O) groups is 2. The first kappa shape index (κ1) is 16.2. The molecule has 0 unspecified atom stereocenters. The van der Waals surface area contributed by atoms with Gasteiger partial charge in [-0.25, -0.2) is 4.79 Å². The van der Waals surface area contributed by atoms with Crippen molar-refractivity contribution in [3.63, 3.8) is 0 Å². The van der Waals surface area contributed by atoms with Gasteiger partial charge < -0.3 is 10.5 Å². The van der Waals surface area contributed by atoms with Gasteiger partial charge >= 0.3 is 5.97 Å². The van der Waals surface area contributed by atoms with E-state index >= 15 is 0 Å². The summed E-state index contributed by atoms with van der Waals surface area (Å²) in [7, 11) is 0. The third-order valence-electron chi connectivity index (χ3n) is 1.04. The topological polar surface area (TPSA) is 69.4 Å². The van der Waals surface area contributed by atoms with Crippen LogP contribution in [-0.2, 0) is 14.3 Å². The lowest BCUT2D eigenvalue weighted by atomic mass is 10.6. The van der Waals surface area contributed by atoms with Crippen molar-refractivity contribution in [3.05, 3.63) is 25.3 Å². The number of rotatable bonds is 6. The number of hydrogen-bond donors (Lipinski definition) is 1. The smallest absolute Gasteiger partial charge is 0.330 e. The molecular formula is C10H17NO3S. The SMILES string of the molecule is C=CC(=O)OCCSCC.C=CC(N)=O. The Labute approximate surface area is 94.5 Å². The van der Waals surface area contributed by atoms with Gasteiger partial charge in [-0.05, 0) is 11.8 Å². The van der Waals surface area contributed by atoms with Crippen LogP contribution >= 0.6 is 11.8 Å². The first-order chi connectivity index (χ1) is 7.08. The highest BCUT2D eigenvalue weighted by Gasteiger charge is 1.92. The summed E-state index contributed by atoms with van der Waals surface area (Å²) in [6.07, 6.45) is 2.23. The lowest BCUT2D eigenvalue weighted by Gasteiger charge is -1.98. The molecule has 0 aromatic heterocycles. The lowest BCUT2D eigenvalue weighted by molar-refractivity contribution is -0.137. The van der Waals surface area contributed by atoms with Crippen molar-refractivity contribution < 1.29 is 14.3 Å². The molecule has 0 aromatic rings. The molecule has 0 aliphatic rings. The van der Waals surface area contributed by atoms with Crippen molar-refractivity contribution in [1.82, 2.24) is 0 Å². The fourth-order valence-corrected chi connectivity index (χ4v) is 0.894. The maximum absolute atomic E-state index is 10.4. The maximum atomic E-state index is 10.4. The van der Waals surface area contributed by atoms with E-state index in [1.165, 1.54) is 6.08 Å². The fraction of sp³-hybridized carbons (Fsp3) is 0.400. The second-order valence-electron chi connectivity index (χ2n) is 2.18. The third-order valence-corrected chi connectivity index (χ3v) is 1.91. The van der Waals surface area contributed by atoms with Gasteiger partial charge in [0, 0.05) is 11.8 Å². The molecule has 15 heavy (non-hydrogen) atoms. The molecule has 4 nitrogen and oxygen atoms in total. The largest absolute Gasteiger partial charge is 0.462 e. The molecule has 5 heteroatoms. The van der Waals surface area contributed by atoms with E-state index < -0.39 is 5.91 Å². The number of nitrogens with two attached hydrogens (primary N) is 1. The number of hydrogen-bond acceptors (Lipinski definition) is 4. The zero-order valence-corrected chi connectivity index (χ0v) is 9.72. The Bertz CT molecular complexity index is 217. The zero-order valence-electron chi connectivity index (χ0n) is 8.90. The molecule has 0 radical (unpaired) electrons. The molecule has 0 atom stereocenters. The highest BCUT2D eigenvalue weighted by atomic mass is 32.2. The predicted octanol–water partition coefficient (Wildman–Crippen LogP) is 1.13. The van der Waals surface area contributed by atoms with E-state index in [2.05, 4.69) is 25.8 Å². The number of carbonyl (C=O) groups excluding carboxylic acids is 2. The van der Waals surface area contributed by atoms with Crippen molar-refractivity contribution in [3.8, 4) is 0 Å². The Morgan fingerprint density at radius 3 is 2.27 bits per heavy atom. The fourth-order valence-electron chi connectivity index (χ4n) is 0.404. The molecule has 1 amide bonds. The second-order valence-corrected chi connectivity index (χ2v) is 3.57. The zero-order chi connectivity index (χ0) is 12.1. The predicted molar refractivity (Wildman–Crippen MR) is 63.5 cm³/mol. The number of esters is 1. The first-order valence-corrected chi connectivity index (χ1v) is 5.52. The summed E-state index contributed by atoms with van der Waals surface area (Å²) in [5.74, 6) is 1.11. The van der Waals surface area contributed by atoms with Crippen LogP contribution in [0.25, 0.3) is 0 Å². The molecular weight excluding hydrogens is 214 g/mol. The molecule has 0 aromatic carbocycles. The van der Waals surface area contributed by atoms with Gasteiger partial charge in [0.15, 0.2) is 0 Å². The Kier molecular flexibility index (Phi) is 13.8. The standard InChI is InChI=1S/C7H12O2S.C3H5NO/c1-3-7(8)9-5-6-10-4-2;1-2-3(4)5/h3H,1,4-6H2,2H3;2H,1H2,(H2,4,5). The van der Waals surface area contributed by atoms with Gasteiger partial charge in [-0.15, -0.1) is 0 Å². The van der Waals surface area contributed by atoms with Crippen LogP contribution in [0.5, 0.6) is 0 Å². The van der Waals surface area contributed by atoms with Crippen molar-refractivity contribution in [2.24, 2.45) is 5.73 Å². The van der Waals surface area contributed by atoms with E-state index in [-0.39, 0.29) is 5.97 Å². The van der Waals surface area contributed by atoms with Crippen LogP contribution in [0.2, 0.25) is 0 Å². The van der Waals surface area contributed by atoms with Gasteiger partial charge in [-0.3, -0.25) is 4.79 Å². The maximum Gasteiger partial charge on any atom is 0.330 e. The van der Waals surface area contributed by atoms with Crippen molar-refractivity contribution in [2.45, 2.75) is 6.92 Å². The minimum Gasteiger partial charge on any atom is -0.462 e. The molecule has 0 aliphatic heterocycles. The van der Waals surface area contributed by atoms with Crippen LogP contribution in [-0.4, -0.2) is 30.0 Å². The minimum absolute atomic E-state index is 0.336. The highest BCUT2D eigenvalue weighted by Crippen LogP contribution is 1.96. The number of ether oxygens (including phenoxy) is 1. The van der Waals surface area contributed by atoms with Crippen LogP contribution in [0.3, 0.4) is 0 Å². The summed E-state index contributed by atoms with van der Waals surface area (Å²) in [5, 5.41) is 0. The minimum atomic E-state index is -0.481. The van der Waals surface area contributed by atoms with Gasteiger partial charge in [0.2, 0.25) is 5.91 Å². The third kappa shape index (κ3) is 19.3. The average Bonchev–Trinajstić information content (AvgIpc) is 2.24. The summed E-state index contributed by atoms with van der Waals surface area (Å²) in [6, 6.07) is 0. The molecule has 0 saturated heterocycles. The van der Waals surface area contributed by atoms with Gasteiger partial charge in [-0.2, -0.15) is 11.8 Å². The Balaban J connectivity index is 0. The Morgan fingerprint density at radius 2 is 1.93 bits per heavy atom. The molecule has 2 N–H and O–H groups in total. The second kappa shape index (κ2) is 12.8. The lowest BCUT2D eigenvalue weighted by Crippen LogP contribution is -2.04. The van der Waals surface area contributed by atoms with Crippen molar-refractivity contribution in [1.29, 1.82) is 0 Å². The van der Waals surface area contributed by atoms with Crippen LogP contribution < -0.4 is 5.73 Å². The van der Waals surface area contributed by atoms with Gasteiger partial charge in [-0.1, -0.05) is 20.1 Å². The van der Waals surface area contributed by atoms with Gasteiger partial charge in [0.05, 0.1) is 0 Å². The van der Waals surface area contributed by atoms with Gasteiger partial charge in [0.1, 0.15) is 6.61 Å². The summed E-state index contributed by atoms with van der Waals surface area (Å²) in [5.41, 5.74) is 4.53. The average molecular weight is 231 g/mol.